The van der Waals surface area contributed by atoms with E-state index in [0.29, 0.717) is 19.2 Å². The number of anilines is 1. The molecule has 0 saturated heterocycles. The highest BCUT2D eigenvalue weighted by Crippen LogP contribution is 2.31. The van der Waals surface area contributed by atoms with Crippen LogP contribution in [0.1, 0.15) is 34.5 Å². The lowest BCUT2D eigenvalue weighted by Gasteiger charge is -2.27. The molecule has 2 aromatic rings. The first kappa shape index (κ1) is 17.3. The van der Waals surface area contributed by atoms with Crippen LogP contribution in [0.2, 0.25) is 0 Å². The quantitative estimate of drug-likeness (QED) is 0.889. The Morgan fingerprint density at radius 3 is 2.92 bits per heavy atom. The number of fused-ring (bicyclic) bond motifs is 1. The largest absolute Gasteiger partial charge is 0.420 e. The molecule has 3 rings (SSSR count). The first-order valence-electron chi connectivity index (χ1n) is 8.08. The summed E-state index contributed by atoms with van der Waals surface area (Å²) in [6.07, 6.45) is -1.42. The molecular weight excluding hydrogens is 333 g/mol. The Hall–Kier alpha value is -2.51. The molecule has 0 aliphatic carbocycles. The molecule has 134 valence electrons. The van der Waals surface area contributed by atoms with Gasteiger partial charge in [-0.25, -0.2) is 0 Å². The van der Waals surface area contributed by atoms with Crippen molar-refractivity contribution in [2.24, 2.45) is 7.05 Å². The van der Waals surface area contributed by atoms with Crippen molar-refractivity contribution in [2.75, 3.05) is 11.9 Å². The number of carbonyl (C=O) groups is 1. The number of aromatic nitrogens is 2. The number of aryl methyl sites for hydroxylation is 2. The van der Waals surface area contributed by atoms with Crippen molar-refractivity contribution in [3.63, 3.8) is 0 Å². The van der Waals surface area contributed by atoms with Gasteiger partial charge in [-0.3, -0.25) is 9.48 Å². The maximum atomic E-state index is 12.9. The maximum absolute atomic E-state index is 12.9. The summed E-state index contributed by atoms with van der Waals surface area (Å²) in [5.41, 5.74) is 0.857. The van der Waals surface area contributed by atoms with E-state index in [2.05, 4.69) is 21.8 Å². The first-order chi connectivity index (χ1) is 11.9. The highest BCUT2D eigenvalue weighted by atomic mass is 19.4. The lowest BCUT2D eigenvalue weighted by atomic mass is 9.96. The summed E-state index contributed by atoms with van der Waals surface area (Å²) in [7, 11) is 1.32. The Balaban J connectivity index is 1.57. The molecule has 0 saturated carbocycles. The lowest BCUT2D eigenvalue weighted by molar-refractivity contribution is -0.138. The molecule has 0 bridgehead atoms. The molecule has 25 heavy (non-hydrogen) atoms. The van der Waals surface area contributed by atoms with Gasteiger partial charge in [0.05, 0.1) is 6.20 Å². The van der Waals surface area contributed by atoms with E-state index >= 15 is 0 Å². The topological polar surface area (TPSA) is 59.0 Å². The zero-order chi connectivity index (χ0) is 18.0. The van der Waals surface area contributed by atoms with E-state index in [1.165, 1.54) is 12.6 Å². The van der Waals surface area contributed by atoms with Gasteiger partial charge in [0.15, 0.2) is 0 Å². The number of para-hydroxylation sites is 1. The zero-order valence-electron chi connectivity index (χ0n) is 13.7. The Labute approximate surface area is 143 Å². The lowest BCUT2D eigenvalue weighted by Crippen LogP contribution is -2.33. The Morgan fingerprint density at radius 1 is 1.40 bits per heavy atom. The molecule has 1 atom stereocenters. The van der Waals surface area contributed by atoms with Crippen molar-refractivity contribution in [1.29, 1.82) is 0 Å². The minimum Gasteiger partial charge on any atom is -0.382 e. The van der Waals surface area contributed by atoms with Crippen molar-refractivity contribution >= 4 is 11.6 Å². The summed E-state index contributed by atoms with van der Waals surface area (Å²) in [4.78, 5) is 12.1. The van der Waals surface area contributed by atoms with Gasteiger partial charge in [0.1, 0.15) is 11.3 Å². The third-order valence-electron chi connectivity index (χ3n) is 4.38. The molecule has 2 heterocycles. The molecular formula is C17H19F3N4O. The molecule has 1 amide bonds. The van der Waals surface area contributed by atoms with Gasteiger partial charge in [0, 0.05) is 25.3 Å². The fourth-order valence-electron chi connectivity index (χ4n) is 3.08. The smallest absolute Gasteiger partial charge is 0.382 e. The van der Waals surface area contributed by atoms with E-state index in [9.17, 15) is 18.0 Å². The summed E-state index contributed by atoms with van der Waals surface area (Å²) in [5, 5.41) is 9.52. The average Bonchev–Trinajstić information content (AvgIpc) is 2.96. The van der Waals surface area contributed by atoms with Crippen LogP contribution in [-0.4, -0.2) is 28.3 Å². The number of alkyl halides is 3. The number of hydrogen-bond donors (Lipinski definition) is 2. The molecule has 0 spiro atoms. The van der Waals surface area contributed by atoms with Gasteiger partial charge in [-0.05, 0) is 30.9 Å². The van der Waals surface area contributed by atoms with Crippen LogP contribution in [-0.2, 0) is 19.6 Å². The predicted octanol–water partition coefficient (Wildman–Crippen LogP) is 2.99. The number of nitrogens with zero attached hydrogens (tertiary/aromatic N) is 2. The summed E-state index contributed by atoms with van der Waals surface area (Å²) >= 11 is 0. The average molecular weight is 352 g/mol. The van der Waals surface area contributed by atoms with Crippen LogP contribution in [0.25, 0.3) is 0 Å². The van der Waals surface area contributed by atoms with E-state index < -0.39 is 23.3 Å². The van der Waals surface area contributed by atoms with Crippen LogP contribution < -0.4 is 10.6 Å². The minimum absolute atomic E-state index is 0.184. The second-order valence-electron chi connectivity index (χ2n) is 6.11. The molecule has 2 N–H and O–H groups in total. The number of carbonyl (C=O) groups excluding carboxylic acids is 1. The SMILES string of the molecule is Cn1ncc(C(F)(F)F)c1C(=O)NCCC1CCc2ccccc2N1. The Bertz CT molecular complexity index is 769. The standard InChI is InChI=1S/C17H19F3N4O/c1-24-15(13(10-22-24)17(18,19)20)16(25)21-9-8-12-7-6-11-4-2-3-5-14(11)23-12/h2-5,10,12,23H,6-9H2,1H3,(H,21,25). The number of nitrogens with one attached hydrogen (secondary N) is 2. The van der Waals surface area contributed by atoms with Crippen molar-refractivity contribution in [1.82, 2.24) is 15.1 Å². The Morgan fingerprint density at radius 2 is 2.16 bits per heavy atom. The van der Waals surface area contributed by atoms with Crippen molar-refractivity contribution < 1.29 is 18.0 Å². The second kappa shape index (κ2) is 6.78. The van der Waals surface area contributed by atoms with Crippen LogP contribution >= 0.6 is 0 Å². The van der Waals surface area contributed by atoms with Crippen LogP contribution in [0.5, 0.6) is 0 Å². The van der Waals surface area contributed by atoms with Crippen LogP contribution in [0.4, 0.5) is 18.9 Å². The fourth-order valence-corrected chi connectivity index (χ4v) is 3.08. The van der Waals surface area contributed by atoms with Crippen LogP contribution in [0, 0.1) is 0 Å². The van der Waals surface area contributed by atoms with Gasteiger partial charge in [0.2, 0.25) is 0 Å². The summed E-state index contributed by atoms with van der Waals surface area (Å²) in [5.74, 6) is -0.761. The zero-order valence-corrected chi connectivity index (χ0v) is 13.7. The predicted molar refractivity (Wildman–Crippen MR) is 87.3 cm³/mol. The number of rotatable bonds is 4. The van der Waals surface area contributed by atoms with E-state index in [-0.39, 0.29) is 6.04 Å². The van der Waals surface area contributed by atoms with Gasteiger partial charge in [0.25, 0.3) is 5.91 Å². The summed E-state index contributed by atoms with van der Waals surface area (Å²) < 4.78 is 39.7. The summed E-state index contributed by atoms with van der Waals surface area (Å²) in [6, 6.07) is 8.21. The highest BCUT2D eigenvalue weighted by Gasteiger charge is 2.38. The van der Waals surface area contributed by atoms with Crippen molar-refractivity contribution in [3.8, 4) is 0 Å². The molecule has 1 aromatic carbocycles. The number of hydrogen-bond acceptors (Lipinski definition) is 3. The van der Waals surface area contributed by atoms with E-state index in [1.807, 2.05) is 18.2 Å². The van der Waals surface area contributed by atoms with Crippen LogP contribution in [0.3, 0.4) is 0 Å². The van der Waals surface area contributed by atoms with Crippen molar-refractivity contribution in [3.05, 3.63) is 47.3 Å². The third kappa shape index (κ3) is 3.78. The first-order valence-corrected chi connectivity index (χ1v) is 8.08. The molecule has 8 heteroatoms. The van der Waals surface area contributed by atoms with E-state index in [0.717, 1.165) is 23.2 Å². The molecule has 1 aliphatic rings. The summed E-state index contributed by atoms with van der Waals surface area (Å²) in [6.45, 7) is 0.293. The molecule has 0 fully saturated rings. The van der Waals surface area contributed by atoms with Gasteiger partial charge in [-0.15, -0.1) is 0 Å². The van der Waals surface area contributed by atoms with Gasteiger partial charge >= 0.3 is 6.18 Å². The number of benzene rings is 1. The normalized spacial score (nSPS) is 16.9. The fraction of sp³-hybridized carbons (Fsp3) is 0.412. The molecule has 0 radical (unpaired) electrons. The molecule has 5 nitrogen and oxygen atoms in total. The van der Waals surface area contributed by atoms with Crippen LogP contribution in [0.15, 0.2) is 30.5 Å². The number of amides is 1. The maximum Gasteiger partial charge on any atom is 0.420 e. The van der Waals surface area contributed by atoms with Gasteiger partial charge < -0.3 is 10.6 Å². The highest BCUT2D eigenvalue weighted by molar-refractivity contribution is 5.94. The number of halogens is 3. The van der Waals surface area contributed by atoms with E-state index in [4.69, 9.17) is 0 Å². The molecule has 1 aromatic heterocycles. The molecule has 1 unspecified atom stereocenters. The van der Waals surface area contributed by atoms with Gasteiger partial charge in [-0.2, -0.15) is 18.3 Å². The Kier molecular flexibility index (Phi) is 4.69. The van der Waals surface area contributed by atoms with E-state index in [1.54, 1.807) is 0 Å². The monoisotopic (exact) mass is 352 g/mol. The second-order valence-corrected chi connectivity index (χ2v) is 6.11. The van der Waals surface area contributed by atoms with Crippen molar-refractivity contribution in [2.45, 2.75) is 31.5 Å². The third-order valence-corrected chi connectivity index (χ3v) is 4.38. The van der Waals surface area contributed by atoms with Gasteiger partial charge in [-0.1, -0.05) is 18.2 Å². The molecule has 1 aliphatic heterocycles. The minimum atomic E-state index is -4.60.